The van der Waals surface area contributed by atoms with Crippen LogP contribution in [0.1, 0.15) is 19.8 Å². The molecule has 0 aromatic carbocycles. The lowest BCUT2D eigenvalue weighted by molar-refractivity contribution is -0.145. The summed E-state index contributed by atoms with van der Waals surface area (Å²) < 4.78 is 5.23. The molecule has 0 spiro atoms. The molecule has 0 aliphatic carbocycles. The van der Waals surface area contributed by atoms with Crippen LogP contribution in [0.4, 0.5) is 0 Å². The first-order valence-corrected chi connectivity index (χ1v) is 5.50. The second kappa shape index (κ2) is 6.44. The third kappa shape index (κ3) is 3.79. The van der Waals surface area contributed by atoms with Crippen LogP contribution in [-0.4, -0.2) is 48.8 Å². The smallest absolute Gasteiger partial charge is 0.326 e. The fraction of sp³-hybridized carbons (Fsp3) is 0.800. The molecule has 1 aliphatic rings. The zero-order chi connectivity index (χ0) is 12.0. The summed E-state index contributed by atoms with van der Waals surface area (Å²) in [6.07, 6.45) is 0.565. The highest BCUT2D eigenvalue weighted by atomic mass is 16.5. The summed E-state index contributed by atoms with van der Waals surface area (Å²) in [6, 6.07) is -0.817. The van der Waals surface area contributed by atoms with Gasteiger partial charge in [0.05, 0.1) is 6.61 Å². The van der Waals surface area contributed by atoms with E-state index in [0.29, 0.717) is 26.0 Å². The summed E-state index contributed by atoms with van der Waals surface area (Å²) in [4.78, 5) is 22.5. The minimum atomic E-state index is -1.00. The summed E-state index contributed by atoms with van der Waals surface area (Å²) in [6.45, 7) is 3.51. The third-order valence-corrected chi connectivity index (χ3v) is 2.41. The summed E-state index contributed by atoms with van der Waals surface area (Å²) in [5, 5.41) is 14.4. The Bertz CT molecular complexity index is 251. The van der Waals surface area contributed by atoms with Crippen LogP contribution < -0.4 is 10.6 Å². The van der Waals surface area contributed by atoms with Gasteiger partial charge in [-0.3, -0.25) is 4.79 Å². The highest BCUT2D eigenvalue weighted by Crippen LogP contribution is 2.01. The standard InChI is InChI=1S/C10H18N2O4/c1-2-3-7(10(14)15)12-9(13)8-6-11-4-5-16-8/h7-8,11H,2-6H2,1H3,(H,12,13)(H,14,15). The van der Waals surface area contributed by atoms with E-state index >= 15 is 0 Å². The fourth-order valence-corrected chi connectivity index (χ4v) is 1.54. The maximum absolute atomic E-state index is 11.6. The van der Waals surface area contributed by atoms with E-state index in [1.165, 1.54) is 0 Å². The average Bonchev–Trinajstić information content (AvgIpc) is 2.29. The van der Waals surface area contributed by atoms with E-state index < -0.39 is 18.1 Å². The van der Waals surface area contributed by atoms with Gasteiger partial charge in [0, 0.05) is 13.1 Å². The van der Waals surface area contributed by atoms with Crippen molar-refractivity contribution in [2.75, 3.05) is 19.7 Å². The van der Waals surface area contributed by atoms with Crippen LogP contribution in [0.25, 0.3) is 0 Å². The summed E-state index contributed by atoms with van der Waals surface area (Å²) in [5.74, 6) is -1.35. The zero-order valence-corrected chi connectivity index (χ0v) is 9.36. The van der Waals surface area contributed by atoms with E-state index in [9.17, 15) is 9.59 Å². The van der Waals surface area contributed by atoms with Crippen LogP contribution in [0.15, 0.2) is 0 Å². The molecule has 1 rings (SSSR count). The quantitative estimate of drug-likeness (QED) is 0.584. The van der Waals surface area contributed by atoms with Crippen LogP contribution in [0.2, 0.25) is 0 Å². The largest absolute Gasteiger partial charge is 0.480 e. The first-order valence-electron chi connectivity index (χ1n) is 5.50. The van der Waals surface area contributed by atoms with Crippen molar-refractivity contribution in [1.82, 2.24) is 10.6 Å². The normalized spacial score (nSPS) is 22.4. The zero-order valence-electron chi connectivity index (χ0n) is 9.36. The number of rotatable bonds is 5. The molecule has 3 N–H and O–H groups in total. The van der Waals surface area contributed by atoms with E-state index in [2.05, 4.69) is 10.6 Å². The minimum Gasteiger partial charge on any atom is -0.480 e. The molecule has 0 aromatic rings. The van der Waals surface area contributed by atoms with E-state index in [1.54, 1.807) is 0 Å². The predicted molar refractivity (Wildman–Crippen MR) is 57.1 cm³/mol. The van der Waals surface area contributed by atoms with E-state index in [1.807, 2.05) is 6.92 Å². The number of amides is 1. The molecule has 6 nitrogen and oxygen atoms in total. The average molecular weight is 230 g/mol. The van der Waals surface area contributed by atoms with Gasteiger partial charge in [0.15, 0.2) is 0 Å². The number of ether oxygens (including phenoxy) is 1. The molecule has 1 fully saturated rings. The number of carboxylic acid groups (broad SMARTS) is 1. The number of carbonyl (C=O) groups is 2. The Balaban J connectivity index is 2.43. The monoisotopic (exact) mass is 230 g/mol. The molecule has 16 heavy (non-hydrogen) atoms. The van der Waals surface area contributed by atoms with Crippen molar-refractivity contribution in [2.45, 2.75) is 31.9 Å². The topological polar surface area (TPSA) is 87.7 Å². The lowest BCUT2D eigenvalue weighted by Crippen LogP contribution is -2.51. The minimum absolute atomic E-state index is 0.354. The van der Waals surface area contributed by atoms with E-state index in [-0.39, 0.29) is 5.91 Å². The number of carboxylic acids is 1. The Morgan fingerprint density at radius 2 is 2.38 bits per heavy atom. The second-order valence-corrected chi connectivity index (χ2v) is 3.75. The van der Waals surface area contributed by atoms with Gasteiger partial charge in [-0.2, -0.15) is 0 Å². The van der Waals surface area contributed by atoms with Crippen LogP contribution >= 0.6 is 0 Å². The lowest BCUT2D eigenvalue weighted by Gasteiger charge is -2.24. The Labute approximate surface area is 94.3 Å². The molecule has 0 saturated carbocycles. The van der Waals surface area contributed by atoms with Crippen molar-refractivity contribution < 1.29 is 19.4 Å². The number of carbonyl (C=O) groups excluding carboxylic acids is 1. The molecule has 2 unspecified atom stereocenters. The SMILES string of the molecule is CCCC(NC(=O)C1CNCCO1)C(=O)O. The Kier molecular flexibility index (Phi) is 5.21. The molecule has 1 heterocycles. The van der Waals surface area contributed by atoms with Crippen LogP contribution in [0.5, 0.6) is 0 Å². The molecular formula is C10H18N2O4. The highest BCUT2D eigenvalue weighted by molar-refractivity contribution is 5.86. The van der Waals surface area contributed by atoms with Crippen molar-refractivity contribution in [3.05, 3.63) is 0 Å². The second-order valence-electron chi connectivity index (χ2n) is 3.75. The molecular weight excluding hydrogens is 212 g/mol. The van der Waals surface area contributed by atoms with Gasteiger partial charge in [0.25, 0.3) is 5.91 Å². The van der Waals surface area contributed by atoms with Gasteiger partial charge < -0.3 is 20.5 Å². The summed E-state index contributed by atoms with van der Waals surface area (Å²) >= 11 is 0. The van der Waals surface area contributed by atoms with Crippen molar-refractivity contribution in [3.63, 3.8) is 0 Å². The molecule has 2 atom stereocenters. The van der Waals surface area contributed by atoms with Gasteiger partial charge in [-0.05, 0) is 6.42 Å². The number of morpholine rings is 1. The van der Waals surface area contributed by atoms with Crippen molar-refractivity contribution in [2.24, 2.45) is 0 Å². The van der Waals surface area contributed by atoms with Crippen molar-refractivity contribution in [3.8, 4) is 0 Å². The fourth-order valence-electron chi connectivity index (χ4n) is 1.54. The molecule has 0 bridgehead atoms. The number of aliphatic carboxylic acids is 1. The van der Waals surface area contributed by atoms with Crippen molar-refractivity contribution in [1.29, 1.82) is 0 Å². The molecule has 1 aliphatic heterocycles. The first-order chi connectivity index (χ1) is 7.65. The highest BCUT2D eigenvalue weighted by Gasteiger charge is 2.26. The Morgan fingerprint density at radius 3 is 2.88 bits per heavy atom. The number of nitrogens with one attached hydrogen (secondary N) is 2. The van der Waals surface area contributed by atoms with Crippen LogP contribution in [0.3, 0.4) is 0 Å². The molecule has 1 saturated heterocycles. The first kappa shape index (κ1) is 12.9. The maximum atomic E-state index is 11.6. The van der Waals surface area contributed by atoms with Crippen LogP contribution in [0, 0.1) is 0 Å². The van der Waals surface area contributed by atoms with Crippen LogP contribution in [-0.2, 0) is 14.3 Å². The van der Waals surface area contributed by atoms with Gasteiger partial charge in [-0.1, -0.05) is 13.3 Å². The summed E-state index contributed by atoms with van der Waals surface area (Å²) in [7, 11) is 0. The van der Waals surface area contributed by atoms with Gasteiger partial charge in [0.1, 0.15) is 12.1 Å². The maximum Gasteiger partial charge on any atom is 0.326 e. The third-order valence-electron chi connectivity index (χ3n) is 2.41. The molecule has 0 aromatic heterocycles. The summed E-state index contributed by atoms with van der Waals surface area (Å²) in [5.41, 5.74) is 0. The lowest BCUT2D eigenvalue weighted by atomic mass is 10.1. The Morgan fingerprint density at radius 1 is 1.62 bits per heavy atom. The molecule has 0 radical (unpaired) electrons. The van der Waals surface area contributed by atoms with Gasteiger partial charge in [-0.25, -0.2) is 4.79 Å². The number of hydrogen-bond donors (Lipinski definition) is 3. The van der Waals surface area contributed by atoms with Gasteiger partial charge in [0.2, 0.25) is 0 Å². The van der Waals surface area contributed by atoms with Gasteiger partial charge in [-0.15, -0.1) is 0 Å². The number of hydrogen-bond acceptors (Lipinski definition) is 4. The van der Waals surface area contributed by atoms with Crippen molar-refractivity contribution >= 4 is 11.9 Å². The molecule has 92 valence electrons. The van der Waals surface area contributed by atoms with E-state index in [0.717, 1.165) is 6.54 Å². The molecule has 1 amide bonds. The van der Waals surface area contributed by atoms with Gasteiger partial charge >= 0.3 is 5.97 Å². The van der Waals surface area contributed by atoms with E-state index in [4.69, 9.17) is 9.84 Å². The predicted octanol–water partition coefficient (Wildman–Crippen LogP) is -0.656. The Hall–Kier alpha value is -1.14. The molecule has 6 heteroatoms.